The number of carboxylic acid groups (broad SMARTS) is 2. The summed E-state index contributed by atoms with van der Waals surface area (Å²) in [4.78, 5) is 68.8. The summed E-state index contributed by atoms with van der Waals surface area (Å²) in [7, 11) is 0. The van der Waals surface area contributed by atoms with Crippen molar-refractivity contribution in [3.63, 3.8) is 0 Å². The highest BCUT2D eigenvalue weighted by molar-refractivity contribution is 7.98. The number of aliphatic imine (C=N–C) groups is 2. The molecule has 4 unspecified atom stereocenters. The van der Waals surface area contributed by atoms with Gasteiger partial charge in [0.05, 0.1) is 12.5 Å². The van der Waals surface area contributed by atoms with E-state index in [4.69, 9.17) is 28.7 Å². The van der Waals surface area contributed by atoms with Gasteiger partial charge < -0.3 is 54.8 Å². The highest BCUT2D eigenvalue weighted by atomic mass is 32.2. The number of carboxylic acids is 2. The Bertz CT molecular complexity index is 894. The van der Waals surface area contributed by atoms with Gasteiger partial charge in [-0.25, -0.2) is 4.79 Å². The molecule has 0 aromatic heterocycles. The number of amides is 3. The average Bonchev–Trinajstić information content (AvgIpc) is 2.84. The van der Waals surface area contributed by atoms with Crippen LogP contribution < -0.4 is 44.6 Å². The van der Waals surface area contributed by atoms with Gasteiger partial charge in [-0.15, -0.1) is 0 Å². The van der Waals surface area contributed by atoms with Crippen molar-refractivity contribution < 1.29 is 34.2 Å². The fourth-order valence-electron chi connectivity index (χ4n) is 3.12. The molecular formula is C21H40N10O7S. The number of hydrogen-bond donors (Lipinski definition) is 10. The fourth-order valence-corrected chi connectivity index (χ4v) is 3.59. The molecular weight excluding hydrogens is 536 g/mol. The van der Waals surface area contributed by atoms with E-state index < -0.39 is 60.2 Å². The number of carbonyl (C=O) groups is 5. The number of aliphatic carboxylic acids is 2. The predicted molar refractivity (Wildman–Crippen MR) is 146 cm³/mol. The van der Waals surface area contributed by atoms with Crippen LogP contribution in [0, 0.1) is 0 Å². The van der Waals surface area contributed by atoms with E-state index in [9.17, 15) is 34.2 Å². The second-order valence-corrected chi connectivity index (χ2v) is 9.39. The monoisotopic (exact) mass is 576 g/mol. The van der Waals surface area contributed by atoms with Crippen molar-refractivity contribution >= 4 is 53.3 Å². The minimum absolute atomic E-state index is 0.0565. The molecule has 0 aliphatic heterocycles. The van der Waals surface area contributed by atoms with E-state index in [-0.39, 0.29) is 50.7 Å². The van der Waals surface area contributed by atoms with Crippen LogP contribution in [0.1, 0.15) is 38.5 Å². The third-order valence-electron chi connectivity index (χ3n) is 5.12. The molecule has 0 bridgehead atoms. The topological polar surface area (TPSA) is 317 Å². The van der Waals surface area contributed by atoms with Gasteiger partial charge in [0.1, 0.15) is 18.1 Å². The number of thioether (sulfide) groups is 1. The van der Waals surface area contributed by atoms with Crippen molar-refractivity contribution in [2.75, 3.05) is 25.1 Å². The second-order valence-electron chi connectivity index (χ2n) is 8.41. The van der Waals surface area contributed by atoms with Gasteiger partial charge in [-0.05, 0) is 44.1 Å². The molecule has 39 heavy (non-hydrogen) atoms. The lowest BCUT2D eigenvalue weighted by Gasteiger charge is -2.24. The standard InChI is InChI=1S/C21H40N10O7S/c1-39-9-6-12(29-16(34)11(22)4-2-7-27-20(23)24)17(35)31-14(10-15(32)33)18(36)30-13(19(37)38)5-3-8-28-21(25)26/h11-14H,2-10,22H2,1H3,(H,29,34)(H,30,36)(H,31,35)(H,32,33)(H,37,38)(H4,23,24,27)(H4,25,26,28). The predicted octanol–water partition coefficient (Wildman–Crippen LogP) is -3.81. The first kappa shape index (κ1) is 35.2. The fraction of sp³-hybridized carbons (Fsp3) is 0.667. The Hall–Kier alpha value is -3.80. The molecule has 0 aliphatic rings. The van der Waals surface area contributed by atoms with E-state index in [1.54, 1.807) is 6.26 Å². The summed E-state index contributed by atoms with van der Waals surface area (Å²) in [6, 6.07) is -5.11. The molecule has 0 radical (unpaired) electrons. The molecule has 0 aromatic rings. The van der Waals surface area contributed by atoms with Crippen LogP contribution in [0.4, 0.5) is 0 Å². The third-order valence-corrected chi connectivity index (χ3v) is 5.76. The quantitative estimate of drug-likeness (QED) is 0.0378. The minimum atomic E-state index is -1.61. The zero-order valence-corrected chi connectivity index (χ0v) is 22.6. The second kappa shape index (κ2) is 19.3. The van der Waals surface area contributed by atoms with Gasteiger partial charge in [0.25, 0.3) is 0 Å². The van der Waals surface area contributed by atoms with Crippen molar-refractivity contribution in [2.24, 2.45) is 38.7 Å². The molecule has 0 aromatic carbocycles. The van der Waals surface area contributed by atoms with Gasteiger partial charge in [-0.2, -0.15) is 11.8 Å². The zero-order valence-electron chi connectivity index (χ0n) is 21.8. The molecule has 222 valence electrons. The maximum Gasteiger partial charge on any atom is 0.326 e. The number of rotatable bonds is 20. The van der Waals surface area contributed by atoms with Crippen LogP contribution in [-0.2, 0) is 24.0 Å². The van der Waals surface area contributed by atoms with E-state index in [1.165, 1.54) is 11.8 Å². The first-order valence-electron chi connectivity index (χ1n) is 12.0. The van der Waals surface area contributed by atoms with Gasteiger partial charge in [0.2, 0.25) is 17.7 Å². The Kier molecular flexibility index (Phi) is 17.4. The van der Waals surface area contributed by atoms with E-state index >= 15 is 0 Å². The normalized spacial score (nSPS) is 13.6. The molecule has 0 aliphatic carbocycles. The lowest BCUT2D eigenvalue weighted by Crippen LogP contribution is -2.57. The first-order chi connectivity index (χ1) is 18.3. The number of nitrogens with zero attached hydrogens (tertiary/aromatic N) is 2. The molecule has 0 fully saturated rings. The molecule has 0 spiro atoms. The Labute approximate surface area is 230 Å². The summed E-state index contributed by atoms with van der Waals surface area (Å²) in [6.07, 6.45) is 1.90. The van der Waals surface area contributed by atoms with E-state index in [0.29, 0.717) is 12.2 Å². The molecule has 0 saturated heterocycles. The summed E-state index contributed by atoms with van der Waals surface area (Å²) in [5.41, 5.74) is 26.8. The summed E-state index contributed by atoms with van der Waals surface area (Å²) >= 11 is 1.40. The van der Waals surface area contributed by atoms with Crippen LogP contribution in [0.5, 0.6) is 0 Å². The third kappa shape index (κ3) is 16.6. The van der Waals surface area contributed by atoms with Crippen molar-refractivity contribution in [1.29, 1.82) is 0 Å². The van der Waals surface area contributed by atoms with Crippen molar-refractivity contribution in [3.05, 3.63) is 0 Å². The van der Waals surface area contributed by atoms with Crippen LogP contribution in [0.2, 0.25) is 0 Å². The molecule has 3 amide bonds. The Morgan fingerprint density at radius 1 is 0.744 bits per heavy atom. The van der Waals surface area contributed by atoms with E-state index in [0.717, 1.165) is 0 Å². The highest BCUT2D eigenvalue weighted by Crippen LogP contribution is 2.06. The molecule has 17 nitrogen and oxygen atoms in total. The lowest BCUT2D eigenvalue weighted by molar-refractivity contribution is -0.143. The van der Waals surface area contributed by atoms with Crippen LogP contribution in [0.25, 0.3) is 0 Å². The summed E-state index contributed by atoms with van der Waals surface area (Å²) in [5, 5.41) is 25.7. The maximum atomic E-state index is 13.0. The van der Waals surface area contributed by atoms with Gasteiger partial charge >= 0.3 is 11.9 Å². The van der Waals surface area contributed by atoms with Crippen LogP contribution in [0.3, 0.4) is 0 Å². The number of nitrogens with two attached hydrogens (primary N) is 5. The van der Waals surface area contributed by atoms with Crippen molar-refractivity contribution in [3.8, 4) is 0 Å². The molecule has 4 atom stereocenters. The number of hydrogen-bond acceptors (Lipinski definition) is 9. The maximum absolute atomic E-state index is 13.0. The van der Waals surface area contributed by atoms with Gasteiger partial charge in [-0.1, -0.05) is 0 Å². The Morgan fingerprint density at radius 2 is 1.23 bits per heavy atom. The Balaban J connectivity index is 5.39. The first-order valence-corrected chi connectivity index (χ1v) is 13.4. The molecule has 0 saturated carbocycles. The SMILES string of the molecule is CSCCC(NC(=O)C(N)CCCN=C(N)N)C(=O)NC(CC(=O)O)C(=O)NC(CCCN=C(N)N)C(=O)O. The number of nitrogens with one attached hydrogen (secondary N) is 3. The summed E-state index contributed by atoms with van der Waals surface area (Å²) in [6.45, 7) is 0.377. The number of guanidine groups is 2. The van der Waals surface area contributed by atoms with Crippen LogP contribution in [0.15, 0.2) is 9.98 Å². The van der Waals surface area contributed by atoms with E-state index in [2.05, 4.69) is 25.9 Å². The van der Waals surface area contributed by atoms with Gasteiger partial charge in [0.15, 0.2) is 11.9 Å². The lowest BCUT2D eigenvalue weighted by atomic mass is 10.1. The van der Waals surface area contributed by atoms with Crippen LogP contribution in [-0.4, -0.2) is 101 Å². The summed E-state index contributed by atoms with van der Waals surface area (Å²) in [5.74, 6) is -5.09. The highest BCUT2D eigenvalue weighted by Gasteiger charge is 2.31. The van der Waals surface area contributed by atoms with Gasteiger partial charge in [0, 0.05) is 13.1 Å². The largest absolute Gasteiger partial charge is 0.481 e. The van der Waals surface area contributed by atoms with Crippen molar-refractivity contribution in [2.45, 2.75) is 62.7 Å². The smallest absolute Gasteiger partial charge is 0.326 e. The zero-order chi connectivity index (χ0) is 30.0. The van der Waals surface area contributed by atoms with Crippen LogP contribution >= 0.6 is 11.8 Å². The molecule has 18 heteroatoms. The average molecular weight is 577 g/mol. The molecule has 0 rings (SSSR count). The van der Waals surface area contributed by atoms with Crippen molar-refractivity contribution in [1.82, 2.24) is 16.0 Å². The number of carbonyl (C=O) groups excluding carboxylic acids is 3. The molecule has 15 N–H and O–H groups in total. The van der Waals surface area contributed by atoms with Gasteiger partial charge in [-0.3, -0.25) is 29.2 Å². The van der Waals surface area contributed by atoms with E-state index in [1.807, 2.05) is 0 Å². The molecule has 0 heterocycles. The summed E-state index contributed by atoms with van der Waals surface area (Å²) < 4.78 is 0. The Morgan fingerprint density at radius 3 is 1.72 bits per heavy atom. The minimum Gasteiger partial charge on any atom is -0.481 e.